The zero-order valence-corrected chi connectivity index (χ0v) is 11.2. The molecule has 0 spiro atoms. The highest BCUT2D eigenvalue weighted by atomic mass is 32.2. The smallest absolute Gasteiger partial charge is 0.238 e. The third-order valence-electron chi connectivity index (χ3n) is 3.23. The molecule has 1 saturated heterocycles. The average molecular weight is 268 g/mol. The van der Waals surface area contributed by atoms with Crippen molar-refractivity contribution in [3.63, 3.8) is 0 Å². The molecule has 18 heavy (non-hydrogen) atoms. The first kappa shape index (κ1) is 13.0. The molecule has 1 aromatic rings. The van der Waals surface area contributed by atoms with Gasteiger partial charge in [-0.15, -0.1) is 0 Å². The second-order valence-corrected chi connectivity index (χ2v) is 6.64. The molecule has 5 nitrogen and oxygen atoms in total. The van der Waals surface area contributed by atoms with E-state index in [4.69, 9.17) is 5.14 Å². The van der Waals surface area contributed by atoms with Gasteiger partial charge >= 0.3 is 0 Å². The zero-order chi connectivity index (χ0) is 13.6. The largest absolute Gasteiger partial charge is 0.307 e. The van der Waals surface area contributed by atoms with Crippen molar-refractivity contribution in [2.45, 2.75) is 37.1 Å². The molecule has 0 aliphatic carbocycles. The van der Waals surface area contributed by atoms with Crippen molar-refractivity contribution in [2.75, 3.05) is 4.90 Å². The van der Waals surface area contributed by atoms with Gasteiger partial charge in [0.2, 0.25) is 15.9 Å². The predicted octanol–water partition coefficient (Wildman–Crippen LogP) is 1.24. The molecule has 0 radical (unpaired) electrons. The van der Waals surface area contributed by atoms with Gasteiger partial charge in [0.15, 0.2) is 0 Å². The summed E-state index contributed by atoms with van der Waals surface area (Å²) >= 11 is 0. The van der Waals surface area contributed by atoms with Crippen LogP contribution < -0.4 is 10.0 Å². The lowest BCUT2D eigenvalue weighted by atomic mass is 10.0. The molecule has 2 rings (SSSR count). The number of nitrogens with zero attached hydrogens (tertiary/aromatic N) is 1. The normalized spacial score (nSPS) is 19.3. The maximum Gasteiger partial charge on any atom is 0.238 e. The number of nitrogens with two attached hydrogens (primary N) is 1. The molecule has 1 aromatic carbocycles. The standard InChI is InChI=1S/C12H16N2O3S/c1-12(2)8-7-11(15)14(12)9-3-5-10(6-4-9)18(13,16)17/h3-6H,7-8H2,1-2H3,(H2,13,16,17). The van der Waals surface area contributed by atoms with E-state index >= 15 is 0 Å². The zero-order valence-electron chi connectivity index (χ0n) is 10.4. The fraction of sp³-hybridized carbons (Fsp3) is 0.417. The summed E-state index contributed by atoms with van der Waals surface area (Å²) in [5, 5.41) is 5.03. The molecule has 0 aromatic heterocycles. The van der Waals surface area contributed by atoms with E-state index in [0.717, 1.165) is 6.42 Å². The first-order valence-corrected chi connectivity index (χ1v) is 7.22. The molecule has 0 atom stereocenters. The minimum atomic E-state index is -3.69. The van der Waals surface area contributed by atoms with Crippen molar-refractivity contribution in [1.29, 1.82) is 0 Å². The van der Waals surface area contributed by atoms with Gasteiger partial charge in [-0.25, -0.2) is 13.6 Å². The van der Waals surface area contributed by atoms with E-state index in [0.29, 0.717) is 12.1 Å². The first-order chi connectivity index (χ1) is 8.22. The van der Waals surface area contributed by atoms with Crippen LogP contribution in [-0.4, -0.2) is 19.9 Å². The Labute approximate surface area is 107 Å². The van der Waals surface area contributed by atoms with E-state index in [9.17, 15) is 13.2 Å². The van der Waals surface area contributed by atoms with Crippen LogP contribution in [0.1, 0.15) is 26.7 Å². The minimum Gasteiger partial charge on any atom is -0.307 e. The van der Waals surface area contributed by atoms with E-state index < -0.39 is 10.0 Å². The Bertz CT molecular complexity index is 576. The maximum absolute atomic E-state index is 11.9. The van der Waals surface area contributed by atoms with Crippen molar-refractivity contribution in [2.24, 2.45) is 5.14 Å². The second-order valence-electron chi connectivity index (χ2n) is 5.08. The Morgan fingerprint density at radius 2 is 1.78 bits per heavy atom. The number of sulfonamides is 1. The van der Waals surface area contributed by atoms with Crippen molar-refractivity contribution < 1.29 is 13.2 Å². The van der Waals surface area contributed by atoms with Crippen LogP contribution in [0.3, 0.4) is 0 Å². The van der Waals surface area contributed by atoms with Gasteiger partial charge < -0.3 is 4.90 Å². The van der Waals surface area contributed by atoms with Crippen molar-refractivity contribution in [1.82, 2.24) is 0 Å². The van der Waals surface area contributed by atoms with Gasteiger partial charge in [-0.3, -0.25) is 4.79 Å². The van der Waals surface area contributed by atoms with Crippen molar-refractivity contribution in [3.05, 3.63) is 24.3 Å². The Hall–Kier alpha value is -1.40. The molecule has 0 unspecified atom stereocenters. The number of hydrogen-bond acceptors (Lipinski definition) is 3. The van der Waals surface area contributed by atoms with Crippen LogP contribution in [0.15, 0.2) is 29.2 Å². The van der Waals surface area contributed by atoms with Crippen LogP contribution in [0.4, 0.5) is 5.69 Å². The monoisotopic (exact) mass is 268 g/mol. The second kappa shape index (κ2) is 4.07. The van der Waals surface area contributed by atoms with Gasteiger partial charge in [0, 0.05) is 17.6 Å². The van der Waals surface area contributed by atoms with Crippen LogP contribution in [0.5, 0.6) is 0 Å². The molecule has 0 bridgehead atoms. The Morgan fingerprint density at radius 3 is 2.17 bits per heavy atom. The predicted molar refractivity (Wildman–Crippen MR) is 68.6 cm³/mol. The number of anilines is 1. The average Bonchev–Trinajstić information content (AvgIpc) is 2.52. The quantitative estimate of drug-likeness (QED) is 0.876. The summed E-state index contributed by atoms with van der Waals surface area (Å²) in [7, 11) is -3.69. The van der Waals surface area contributed by atoms with Gasteiger partial charge in [-0.2, -0.15) is 0 Å². The molecule has 98 valence electrons. The van der Waals surface area contributed by atoms with E-state index in [1.807, 2.05) is 13.8 Å². The number of rotatable bonds is 2. The van der Waals surface area contributed by atoms with Crippen molar-refractivity contribution >= 4 is 21.6 Å². The highest BCUT2D eigenvalue weighted by molar-refractivity contribution is 7.89. The lowest BCUT2D eigenvalue weighted by Gasteiger charge is -2.31. The SMILES string of the molecule is CC1(C)CCC(=O)N1c1ccc(S(N)(=O)=O)cc1. The van der Waals surface area contributed by atoms with Crippen molar-refractivity contribution in [3.8, 4) is 0 Å². The Kier molecular flexibility index (Phi) is 2.95. The third kappa shape index (κ3) is 2.26. The fourth-order valence-electron chi connectivity index (χ4n) is 2.25. The Balaban J connectivity index is 2.39. The molecular formula is C12H16N2O3S. The highest BCUT2D eigenvalue weighted by Crippen LogP contribution is 2.34. The van der Waals surface area contributed by atoms with Gasteiger partial charge in [-0.05, 0) is 44.5 Å². The third-order valence-corrected chi connectivity index (χ3v) is 4.16. The number of carbonyl (C=O) groups is 1. The maximum atomic E-state index is 11.9. The van der Waals surface area contributed by atoms with Crippen LogP contribution in [-0.2, 0) is 14.8 Å². The van der Waals surface area contributed by atoms with Crippen LogP contribution >= 0.6 is 0 Å². The number of primary sulfonamides is 1. The number of hydrogen-bond donors (Lipinski definition) is 1. The molecule has 0 saturated carbocycles. The number of carbonyl (C=O) groups excluding carboxylic acids is 1. The summed E-state index contributed by atoms with van der Waals surface area (Å²) in [5.41, 5.74) is 0.468. The topological polar surface area (TPSA) is 80.5 Å². The van der Waals surface area contributed by atoms with Crippen LogP contribution in [0.2, 0.25) is 0 Å². The van der Waals surface area contributed by atoms with Crippen LogP contribution in [0, 0.1) is 0 Å². The Morgan fingerprint density at radius 1 is 1.22 bits per heavy atom. The first-order valence-electron chi connectivity index (χ1n) is 5.68. The van der Waals surface area contributed by atoms with E-state index in [-0.39, 0.29) is 16.3 Å². The van der Waals surface area contributed by atoms with E-state index in [2.05, 4.69) is 0 Å². The van der Waals surface area contributed by atoms with Gasteiger partial charge in [-0.1, -0.05) is 0 Å². The van der Waals surface area contributed by atoms with Gasteiger partial charge in [0.05, 0.1) is 4.90 Å². The lowest BCUT2D eigenvalue weighted by Crippen LogP contribution is -2.40. The van der Waals surface area contributed by atoms with E-state index in [1.54, 1.807) is 17.0 Å². The van der Waals surface area contributed by atoms with Gasteiger partial charge in [0.1, 0.15) is 0 Å². The molecule has 1 amide bonds. The summed E-state index contributed by atoms with van der Waals surface area (Å²) in [4.78, 5) is 13.6. The lowest BCUT2D eigenvalue weighted by molar-refractivity contribution is -0.117. The summed E-state index contributed by atoms with van der Waals surface area (Å²) in [5.74, 6) is 0.0587. The molecule has 1 aliphatic heterocycles. The van der Waals surface area contributed by atoms with Gasteiger partial charge in [0.25, 0.3) is 0 Å². The minimum absolute atomic E-state index is 0.0516. The van der Waals surface area contributed by atoms with Crippen LogP contribution in [0.25, 0.3) is 0 Å². The molecule has 1 heterocycles. The molecule has 6 heteroatoms. The summed E-state index contributed by atoms with van der Waals surface area (Å²) in [6.45, 7) is 3.98. The molecule has 1 fully saturated rings. The highest BCUT2D eigenvalue weighted by Gasteiger charge is 2.38. The molecular weight excluding hydrogens is 252 g/mol. The summed E-state index contributed by atoms with van der Waals surface area (Å²) < 4.78 is 22.3. The molecule has 1 aliphatic rings. The van der Waals surface area contributed by atoms with E-state index in [1.165, 1.54) is 12.1 Å². The molecule has 2 N–H and O–H groups in total. The fourth-order valence-corrected chi connectivity index (χ4v) is 2.77. The summed E-state index contributed by atoms with van der Waals surface area (Å²) in [6.07, 6.45) is 1.31. The summed E-state index contributed by atoms with van der Waals surface area (Å²) in [6, 6.07) is 6.08. The number of benzene rings is 1. The number of amides is 1.